The highest BCUT2D eigenvalue weighted by Crippen LogP contribution is 2.35. The minimum absolute atomic E-state index is 0.0619. The molecule has 0 N–H and O–H groups in total. The Balaban J connectivity index is 1.72. The number of non-ortho nitro benzene ring substituents is 1. The van der Waals surface area contributed by atoms with Crippen LogP contribution in [0.2, 0.25) is 0 Å². The number of furan rings is 1. The van der Waals surface area contributed by atoms with Crippen molar-refractivity contribution in [3.05, 3.63) is 94.2 Å². The highest BCUT2D eigenvalue weighted by atomic mass is 16.6. The van der Waals surface area contributed by atoms with Crippen molar-refractivity contribution in [3.63, 3.8) is 0 Å². The van der Waals surface area contributed by atoms with Crippen LogP contribution in [-0.2, 0) is 0 Å². The van der Waals surface area contributed by atoms with Crippen LogP contribution >= 0.6 is 0 Å². The zero-order valence-corrected chi connectivity index (χ0v) is 16.0. The number of nitro groups is 1. The fourth-order valence-corrected chi connectivity index (χ4v) is 3.26. The Bertz CT molecular complexity index is 1330. The third kappa shape index (κ3) is 3.64. The Hall–Kier alpha value is -4.37. The SMILES string of the molecule is COc1ccc([N+](=O)[O-])cc1-c1ccc(/C=C(/C#N)c2ccc3ccccc3c2)o1. The van der Waals surface area contributed by atoms with Gasteiger partial charge in [-0.15, -0.1) is 0 Å². The number of allylic oxidation sites excluding steroid dienone is 1. The second-order valence-corrected chi connectivity index (χ2v) is 6.58. The van der Waals surface area contributed by atoms with E-state index in [1.807, 2.05) is 42.5 Å². The quantitative estimate of drug-likeness (QED) is 0.232. The number of hydrogen-bond donors (Lipinski definition) is 0. The molecule has 0 unspecified atom stereocenters. The molecular formula is C24H16N2O4. The Morgan fingerprint density at radius 1 is 1.07 bits per heavy atom. The Kier molecular flexibility index (Phi) is 5.02. The summed E-state index contributed by atoms with van der Waals surface area (Å²) in [6, 6.07) is 23.7. The minimum Gasteiger partial charge on any atom is -0.496 e. The van der Waals surface area contributed by atoms with E-state index in [9.17, 15) is 15.4 Å². The van der Waals surface area contributed by atoms with Crippen LogP contribution in [0.3, 0.4) is 0 Å². The van der Waals surface area contributed by atoms with E-state index in [-0.39, 0.29) is 5.69 Å². The third-order valence-electron chi connectivity index (χ3n) is 4.75. The molecule has 146 valence electrons. The molecule has 3 aromatic carbocycles. The molecule has 0 saturated carbocycles. The average molecular weight is 396 g/mol. The van der Waals surface area contributed by atoms with Gasteiger partial charge >= 0.3 is 0 Å². The summed E-state index contributed by atoms with van der Waals surface area (Å²) < 4.78 is 11.2. The number of methoxy groups -OCH3 is 1. The van der Waals surface area contributed by atoms with Crippen LogP contribution in [0.1, 0.15) is 11.3 Å². The van der Waals surface area contributed by atoms with E-state index < -0.39 is 4.92 Å². The maximum absolute atomic E-state index is 11.1. The van der Waals surface area contributed by atoms with Gasteiger partial charge in [0.05, 0.1) is 29.2 Å². The Morgan fingerprint density at radius 3 is 2.60 bits per heavy atom. The first-order valence-electron chi connectivity index (χ1n) is 9.12. The van der Waals surface area contributed by atoms with Crippen molar-refractivity contribution in [2.24, 2.45) is 0 Å². The van der Waals surface area contributed by atoms with Gasteiger partial charge in [-0.2, -0.15) is 5.26 Å². The number of fused-ring (bicyclic) bond motifs is 1. The van der Waals surface area contributed by atoms with E-state index in [0.717, 1.165) is 16.3 Å². The van der Waals surface area contributed by atoms with E-state index in [4.69, 9.17) is 9.15 Å². The van der Waals surface area contributed by atoms with Gasteiger partial charge in [-0.1, -0.05) is 36.4 Å². The summed E-state index contributed by atoms with van der Waals surface area (Å²) >= 11 is 0. The van der Waals surface area contributed by atoms with Gasteiger partial charge in [0, 0.05) is 12.1 Å². The first kappa shape index (κ1) is 19.0. The summed E-state index contributed by atoms with van der Waals surface area (Å²) in [6.07, 6.45) is 1.65. The predicted octanol–water partition coefficient (Wildman–Crippen LogP) is 6.08. The first-order chi connectivity index (χ1) is 14.6. The second-order valence-electron chi connectivity index (χ2n) is 6.58. The molecule has 6 heteroatoms. The molecule has 1 aromatic heterocycles. The van der Waals surface area contributed by atoms with Crippen LogP contribution in [0, 0.1) is 21.4 Å². The van der Waals surface area contributed by atoms with E-state index in [1.165, 1.54) is 25.3 Å². The number of nitriles is 1. The molecule has 0 aliphatic carbocycles. The van der Waals surface area contributed by atoms with E-state index in [2.05, 4.69) is 6.07 Å². The number of ether oxygens (including phenoxy) is 1. The lowest BCUT2D eigenvalue weighted by Gasteiger charge is -2.05. The van der Waals surface area contributed by atoms with Crippen LogP contribution in [0.5, 0.6) is 5.75 Å². The molecule has 30 heavy (non-hydrogen) atoms. The summed E-state index contributed by atoms with van der Waals surface area (Å²) in [5.41, 5.74) is 1.64. The van der Waals surface area contributed by atoms with Crippen LogP contribution in [-0.4, -0.2) is 12.0 Å². The van der Waals surface area contributed by atoms with Crippen molar-refractivity contribution in [1.82, 2.24) is 0 Å². The summed E-state index contributed by atoms with van der Waals surface area (Å²) in [5.74, 6) is 1.33. The molecule has 0 aliphatic rings. The van der Waals surface area contributed by atoms with Gasteiger partial charge in [0.25, 0.3) is 5.69 Å². The molecule has 0 radical (unpaired) electrons. The van der Waals surface area contributed by atoms with Gasteiger partial charge in [-0.25, -0.2) is 0 Å². The van der Waals surface area contributed by atoms with Gasteiger partial charge in [0.1, 0.15) is 17.3 Å². The van der Waals surface area contributed by atoms with Gasteiger partial charge in [0.15, 0.2) is 0 Å². The maximum atomic E-state index is 11.1. The molecule has 0 aliphatic heterocycles. The zero-order valence-electron chi connectivity index (χ0n) is 16.0. The van der Waals surface area contributed by atoms with E-state index in [0.29, 0.717) is 28.4 Å². The Morgan fingerprint density at radius 2 is 1.87 bits per heavy atom. The van der Waals surface area contributed by atoms with Crippen LogP contribution in [0.15, 0.2) is 77.2 Å². The van der Waals surface area contributed by atoms with Gasteiger partial charge < -0.3 is 9.15 Å². The first-order valence-corrected chi connectivity index (χ1v) is 9.12. The highest BCUT2D eigenvalue weighted by Gasteiger charge is 2.16. The monoisotopic (exact) mass is 396 g/mol. The lowest BCUT2D eigenvalue weighted by molar-refractivity contribution is -0.384. The highest BCUT2D eigenvalue weighted by molar-refractivity contribution is 5.93. The second kappa shape index (κ2) is 7.94. The van der Waals surface area contributed by atoms with Crippen molar-refractivity contribution < 1.29 is 14.1 Å². The molecular weight excluding hydrogens is 380 g/mol. The number of rotatable bonds is 5. The molecule has 6 nitrogen and oxygen atoms in total. The largest absolute Gasteiger partial charge is 0.496 e. The van der Waals surface area contributed by atoms with Crippen molar-refractivity contribution in [3.8, 4) is 23.1 Å². The fraction of sp³-hybridized carbons (Fsp3) is 0.0417. The molecule has 0 spiro atoms. The van der Waals surface area contributed by atoms with Crippen LogP contribution in [0.4, 0.5) is 5.69 Å². The number of hydrogen-bond acceptors (Lipinski definition) is 5. The predicted molar refractivity (Wildman–Crippen MR) is 115 cm³/mol. The topological polar surface area (TPSA) is 89.3 Å². The van der Waals surface area contributed by atoms with Gasteiger partial charge in [-0.05, 0) is 46.7 Å². The van der Waals surface area contributed by atoms with Crippen molar-refractivity contribution in [1.29, 1.82) is 5.26 Å². The summed E-state index contributed by atoms with van der Waals surface area (Å²) in [7, 11) is 1.49. The van der Waals surface area contributed by atoms with Gasteiger partial charge in [0.2, 0.25) is 0 Å². The number of nitrogens with zero attached hydrogens (tertiary/aromatic N) is 2. The summed E-state index contributed by atoms with van der Waals surface area (Å²) in [4.78, 5) is 10.6. The van der Waals surface area contributed by atoms with Crippen molar-refractivity contribution in [2.75, 3.05) is 7.11 Å². The van der Waals surface area contributed by atoms with E-state index >= 15 is 0 Å². The lowest BCUT2D eigenvalue weighted by atomic mass is 10.0. The van der Waals surface area contributed by atoms with Crippen molar-refractivity contribution >= 4 is 28.1 Å². The molecule has 0 fully saturated rings. The minimum atomic E-state index is -0.472. The number of nitro benzene ring substituents is 1. The smallest absolute Gasteiger partial charge is 0.270 e. The van der Waals surface area contributed by atoms with E-state index in [1.54, 1.807) is 18.2 Å². The fourth-order valence-electron chi connectivity index (χ4n) is 3.26. The van der Waals surface area contributed by atoms with Crippen LogP contribution in [0.25, 0.3) is 33.7 Å². The normalized spacial score (nSPS) is 11.3. The van der Waals surface area contributed by atoms with Gasteiger partial charge in [-0.3, -0.25) is 10.1 Å². The standard InChI is InChI=1S/C24H16N2O4/c1-29-23-10-8-20(26(27)28)14-22(23)24-11-9-21(30-24)13-19(15-25)18-7-6-16-4-2-3-5-17(16)12-18/h2-14H,1H3/b19-13-. The molecule has 4 rings (SSSR count). The molecule has 4 aromatic rings. The zero-order chi connectivity index (χ0) is 21.1. The Labute approximate surface area is 172 Å². The van der Waals surface area contributed by atoms with Crippen molar-refractivity contribution in [2.45, 2.75) is 0 Å². The third-order valence-corrected chi connectivity index (χ3v) is 4.75. The molecule has 0 bridgehead atoms. The molecule has 0 saturated heterocycles. The summed E-state index contributed by atoms with van der Waals surface area (Å²) in [6.45, 7) is 0. The molecule has 1 heterocycles. The average Bonchev–Trinajstić information content (AvgIpc) is 3.25. The lowest BCUT2D eigenvalue weighted by Crippen LogP contribution is -1.91. The van der Waals surface area contributed by atoms with Crippen LogP contribution < -0.4 is 4.74 Å². The molecule has 0 atom stereocenters. The molecule has 0 amide bonds. The summed E-state index contributed by atoms with van der Waals surface area (Å²) in [5, 5.41) is 22.9. The number of benzene rings is 3. The maximum Gasteiger partial charge on any atom is 0.270 e.